The standard InChI is InChI=1S/C28H33FN6O/c1-4-32(3)26-23-19-35(27(36)22-7-5-6-8-24(22)29)14-13-25(23)30-28(31-26)34-17-15-33(16-18-34)21-11-9-20(2)10-12-21/h5-12H,4,13-19H2,1-3H3. The van der Waals surface area contributed by atoms with Crippen molar-refractivity contribution in [3.05, 3.63) is 76.7 Å². The molecule has 3 aromatic rings. The maximum atomic E-state index is 14.3. The number of nitrogens with zero attached hydrogens (tertiary/aromatic N) is 6. The summed E-state index contributed by atoms with van der Waals surface area (Å²) in [5, 5.41) is 0. The summed E-state index contributed by atoms with van der Waals surface area (Å²) in [5.74, 6) is 0.821. The minimum absolute atomic E-state index is 0.107. The number of aryl methyl sites for hydroxylation is 1. The van der Waals surface area contributed by atoms with Crippen LogP contribution in [0.2, 0.25) is 0 Å². The van der Waals surface area contributed by atoms with Crippen LogP contribution in [0.5, 0.6) is 0 Å². The van der Waals surface area contributed by atoms with Gasteiger partial charge in [0.05, 0.1) is 17.8 Å². The Morgan fingerprint density at radius 3 is 2.36 bits per heavy atom. The van der Waals surface area contributed by atoms with E-state index < -0.39 is 5.82 Å². The van der Waals surface area contributed by atoms with Gasteiger partial charge in [-0.3, -0.25) is 4.79 Å². The molecule has 1 saturated heterocycles. The summed E-state index contributed by atoms with van der Waals surface area (Å²) in [6.45, 7) is 9.37. The van der Waals surface area contributed by atoms with E-state index in [4.69, 9.17) is 9.97 Å². The molecule has 188 valence electrons. The second kappa shape index (κ2) is 10.1. The molecule has 1 fully saturated rings. The lowest BCUT2D eigenvalue weighted by atomic mass is 10.0. The summed E-state index contributed by atoms with van der Waals surface area (Å²) in [5.41, 5.74) is 4.56. The topological polar surface area (TPSA) is 55.8 Å². The lowest BCUT2D eigenvalue weighted by Crippen LogP contribution is -2.47. The molecule has 7 nitrogen and oxygen atoms in total. The highest BCUT2D eigenvalue weighted by atomic mass is 19.1. The summed E-state index contributed by atoms with van der Waals surface area (Å²) in [7, 11) is 2.01. The van der Waals surface area contributed by atoms with Gasteiger partial charge in [-0.25, -0.2) is 9.37 Å². The smallest absolute Gasteiger partial charge is 0.257 e. The lowest BCUT2D eigenvalue weighted by Gasteiger charge is -2.37. The molecule has 2 aliphatic rings. The third-order valence-electron chi connectivity index (χ3n) is 7.22. The van der Waals surface area contributed by atoms with Gasteiger partial charge < -0.3 is 19.6 Å². The molecule has 1 amide bonds. The van der Waals surface area contributed by atoms with Crippen molar-refractivity contribution in [1.82, 2.24) is 14.9 Å². The number of amides is 1. The first-order valence-corrected chi connectivity index (χ1v) is 12.7. The highest BCUT2D eigenvalue weighted by molar-refractivity contribution is 5.94. The van der Waals surface area contributed by atoms with E-state index in [1.807, 2.05) is 7.05 Å². The minimum atomic E-state index is -0.490. The van der Waals surface area contributed by atoms with E-state index in [9.17, 15) is 9.18 Å². The molecule has 3 heterocycles. The molecule has 0 unspecified atom stereocenters. The molecule has 0 aliphatic carbocycles. The van der Waals surface area contributed by atoms with Crippen LogP contribution < -0.4 is 14.7 Å². The molecular formula is C28H33FN6O. The Bertz CT molecular complexity index is 1240. The molecule has 0 radical (unpaired) electrons. The number of hydrogen-bond acceptors (Lipinski definition) is 6. The van der Waals surface area contributed by atoms with Crippen LogP contribution in [0.4, 0.5) is 21.8 Å². The molecule has 0 bridgehead atoms. The largest absolute Gasteiger partial charge is 0.368 e. The van der Waals surface area contributed by atoms with Crippen molar-refractivity contribution in [1.29, 1.82) is 0 Å². The average Bonchev–Trinajstić information content (AvgIpc) is 2.92. The van der Waals surface area contributed by atoms with Crippen LogP contribution >= 0.6 is 0 Å². The molecule has 2 aliphatic heterocycles. The number of rotatable bonds is 5. The molecule has 0 spiro atoms. The van der Waals surface area contributed by atoms with Gasteiger partial charge in [0.1, 0.15) is 11.6 Å². The fraction of sp³-hybridized carbons (Fsp3) is 0.393. The lowest BCUT2D eigenvalue weighted by molar-refractivity contribution is 0.0729. The highest BCUT2D eigenvalue weighted by Crippen LogP contribution is 2.30. The zero-order chi connectivity index (χ0) is 25.2. The van der Waals surface area contributed by atoms with Gasteiger partial charge in [0, 0.05) is 64.0 Å². The number of fused-ring (bicyclic) bond motifs is 1. The summed E-state index contributed by atoms with van der Waals surface area (Å²) >= 11 is 0. The van der Waals surface area contributed by atoms with Crippen molar-refractivity contribution in [3.63, 3.8) is 0 Å². The normalized spacial score (nSPS) is 15.6. The Morgan fingerprint density at radius 2 is 1.67 bits per heavy atom. The SMILES string of the molecule is CCN(C)c1nc(N2CCN(c3ccc(C)cc3)CC2)nc2c1CN(C(=O)c1ccccc1F)CC2. The Hall–Kier alpha value is -3.68. The highest BCUT2D eigenvalue weighted by Gasteiger charge is 2.30. The third kappa shape index (κ3) is 4.72. The van der Waals surface area contributed by atoms with E-state index in [1.54, 1.807) is 23.1 Å². The van der Waals surface area contributed by atoms with Crippen LogP contribution in [0.3, 0.4) is 0 Å². The van der Waals surface area contributed by atoms with Crippen molar-refractivity contribution in [3.8, 4) is 0 Å². The van der Waals surface area contributed by atoms with Gasteiger partial charge in [0.15, 0.2) is 0 Å². The van der Waals surface area contributed by atoms with E-state index in [2.05, 4.69) is 52.8 Å². The molecule has 5 rings (SSSR count). The van der Waals surface area contributed by atoms with E-state index >= 15 is 0 Å². The van der Waals surface area contributed by atoms with Gasteiger partial charge in [-0.15, -0.1) is 0 Å². The van der Waals surface area contributed by atoms with Crippen molar-refractivity contribution < 1.29 is 9.18 Å². The third-order valence-corrected chi connectivity index (χ3v) is 7.22. The van der Waals surface area contributed by atoms with Gasteiger partial charge in [-0.2, -0.15) is 4.98 Å². The average molecular weight is 489 g/mol. The zero-order valence-electron chi connectivity index (χ0n) is 21.2. The minimum Gasteiger partial charge on any atom is -0.368 e. The molecule has 1 aromatic heterocycles. The van der Waals surface area contributed by atoms with Gasteiger partial charge >= 0.3 is 0 Å². The van der Waals surface area contributed by atoms with Crippen molar-refractivity contribution in [2.24, 2.45) is 0 Å². The first-order chi connectivity index (χ1) is 17.4. The predicted octanol–water partition coefficient (Wildman–Crippen LogP) is 3.91. The van der Waals surface area contributed by atoms with E-state index in [1.165, 1.54) is 17.3 Å². The van der Waals surface area contributed by atoms with Crippen LogP contribution in [-0.2, 0) is 13.0 Å². The summed E-state index contributed by atoms with van der Waals surface area (Å²) < 4.78 is 14.3. The second-order valence-electron chi connectivity index (χ2n) is 9.55. The quantitative estimate of drug-likeness (QED) is 0.543. The van der Waals surface area contributed by atoms with Crippen molar-refractivity contribution in [2.75, 3.05) is 61.0 Å². The predicted molar refractivity (Wildman–Crippen MR) is 141 cm³/mol. The Balaban J connectivity index is 1.36. The summed E-state index contributed by atoms with van der Waals surface area (Å²) in [4.78, 5) is 31.5. The van der Waals surface area contributed by atoms with Crippen LogP contribution in [0.1, 0.15) is 34.1 Å². The number of carbonyl (C=O) groups excluding carboxylic acids is 1. The van der Waals surface area contributed by atoms with Crippen molar-refractivity contribution in [2.45, 2.75) is 26.8 Å². The second-order valence-corrected chi connectivity index (χ2v) is 9.55. The first kappa shape index (κ1) is 24.0. The van der Waals surface area contributed by atoms with Crippen LogP contribution in [0.15, 0.2) is 48.5 Å². The van der Waals surface area contributed by atoms with Crippen LogP contribution in [0.25, 0.3) is 0 Å². The first-order valence-electron chi connectivity index (χ1n) is 12.7. The number of halogens is 1. The van der Waals surface area contributed by atoms with Gasteiger partial charge in [-0.1, -0.05) is 29.8 Å². The number of hydrogen-bond donors (Lipinski definition) is 0. The molecule has 8 heteroatoms. The number of benzene rings is 2. The fourth-order valence-corrected chi connectivity index (χ4v) is 4.89. The van der Waals surface area contributed by atoms with Crippen LogP contribution in [0, 0.1) is 12.7 Å². The van der Waals surface area contributed by atoms with E-state index in [-0.39, 0.29) is 11.5 Å². The Kier molecular flexibility index (Phi) is 6.76. The fourth-order valence-electron chi connectivity index (χ4n) is 4.89. The molecular weight excluding hydrogens is 455 g/mol. The summed E-state index contributed by atoms with van der Waals surface area (Å²) in [6.07, 6.45) is 0.624. The maximum absolute atomic E-state index is 14.3. The monoisotopic (exact) mass is 488 g/mol. The number of carbonyl (C=O) groups is 1. The van der Waals surface area contributed by atoms with Gasteiger partial charge in [-0.05, 0) is 38.1 Å². The molecule has 0 saturated carbocycles. The number of piperazine rings is 1. The van der Waals surface area contributed by atoms with Crippen molar-refractivity contribution >= 4 is 23.4 Å². The molecule has 2 aromatic carbocycles. The summed E-state index contributed by atoms with van der Waals surface area (Å²) in [6, 6.07) is 14.8. The van der Waals surface area contributed by atoms with Crippen LogP contribution in [-0.4, -0.2) is 67.1 Å². The van der Waals surface area contributed by atoms with Gasteiger partial charge in [0.25, 0.3) is 5.91 Å². The van der Waals surface area contributed by atoms with Gasteiger partial charge in [0.2, 0.25) is 5.95 Å². The Labute approximate surface area is 212 Å². The van der Waals surface area contributed by atoms with E-state index in [0.29, 0.717) is 19.5 Å². The molecule has 0 atom stereocenters. The number of anilines is 3. The molecule has 36 heavy (non-hydrogen) atoms. The zero-order valence-corrected chi connectivity index (χ0v) is 21.2. The number of aromatic nitrogens is 2. The van der Waals surface area contributed by atoms with E-state index in [0.717, 1.165) is 55.7 Å². The molecule has 0 N–H and O–H groups in total. The maximum Gasteiger partial charge on any atom is 0.257 e. The Morgan fingerprint density at radius 1 is 0.972 bits per heavy atom.